The van der Waals surface area contributed by atoms with Crippen molar-refractivity contribution in [2.45, 2.75) is 44.9 Å². The number of ether oxygens (including phenoxy) is 1. The Kier molecular flexibility index (Phi) is 5.62. The van der Waals surface area contributed by atoms with Crippen molar-refractivity contribution in [2.24, 2.45) is 0 Å². The van der Waals surface area contributed by atoms with Crippen molar-refractivity contribution < 1.29 is 9.84 Å². The number of benzene rings is 1. The van der Waals surface area contributed by atoms with Gasteiger partial charge in [0.1, 0.15) is 0 Å². The van der Waals surface area contributed by atoms with Crippen LogP contribution in [-0.2, 0) is 11.3 Å². The average Bonchev–Trinajstić information content (AvgIpc) is 2.45. The fourth-order valence-electron chi connectivity index (χ4n) is 2.78. The summed E-state index contributed by atoms with van der Waals surface area (Å²) in [4.78, 5) is 2.17. The van der Waals surface area contributed by atoms with E-state index in [0.29, 0.717) is 38.6 Å². The first-order valence-electron chi connectivity index (χ1n) is 7.83. The lowest BCUT2D eigenvalue weighted by molar-refractivity contribution is -0.0572. The Balaban J connectivity index is 2.05. The molecular weight excluding hydrogens is 264 g/mol. The fourth-order valence-corrected chi connectivity index (χ4v) is 2.78. The summed E-state index contributed by atoms with van der Waals surface area (Å²) in [5.41, 5.74) is 1.82. The van der Waals surface area contributed by atoms with Crippen LogP contribution in [0.4, 0.5) is 5.69 Å². The molecule has 0 aromatic heterocycles. The number of aliphatic hydroxyl groups is 1. The van der Waals surface area contributed by atoms with Crippen LogP contribution in [0.3, 0.4) is 0 Å². The summed E-state index contributed by atoms with van der Waals surface area (Å²) in [6.45, 7) is 7.10. The molecule has 2 rings (SSSR count). The molecule has 1 aromatic carbocycles. The number of rotatable bonds is 6. The fraction of sp³-hybridized carbons (Fsp3) is 0.647. The third-order valence-electron chi connectivity index (χ3n) is 4.06. The van der Waals surface area contributed by atoms with Crippen LogP contribution >= 0.6 is 0 Å². The SMILES string of the molecule is CC(C)NCc1ccccc1N(C)CC1(O)CCOCC1. The first-order valence-corrected chi connectivity index (χ1v) is 7.83. The lowest BCUT2D eigenvalue weighted by atomic mass is 9.93. The quantitative estimate of drug-likeness (QED) is 0.843. The zero-order chi connectivity index (χ0) is 15.3. The van der Waals surface area contributed by atoms with Crippen molar-refractivity contribution in [1.82, 2.24) is 5.32 Å². The maximum atomic E-state index is 10.7. The first kappa shape index (κ1) is 16.3. The van der Waals surface area contributed by atoms with Gasteiger partial charge < -0.3 is 20.1 Å². The smallest absolute Gasteiger partial charge is 0.0865 e. The molecule has 0 spiro atoms. The molecule has 0 bridgehead atoms. The van der Waals surface area contributed by atoms with E-state index in [1.54, 1.807) is 0 Å². The largest absolute Gasteiger partial charge is 0.388 e. The van der Waals surface area contributed by atoms with Gasteiger partial charge in [-0.05, 0) is 11.6 Å². The number of para-hydroxylation sites is 1. The van der Waals surface area contributed by atoms with Gasteiger partial charge in [0.2, 0.25) is 0 Å². The van der Waals surface area contributed by atoms with Crippen molar-refractivity contribution in [3.63, 3.8) is 0 Å². The second-order valence-corrected chi connectivity index (χ2v) is 6.36. The van der Waals surface area contributed by atoms with Crippen LogP contribution in [0.2, 0.25) is 0 Å². The van der Waals surface area contributed by atoms with Gasteiger partial charge in [0.15, 0.2) is 0 Å². The molecule has 4 nitrogen and oxygen atoms in total. The summed E-state index contributed by atoms with van der Waals surface area (Å²) in [7, 11) is 2.06. The molecule has 1 aromatic rings. The van der Waals surface area contributed by atoms with Gasteiger partial charge >= 0.3 is 0 Å². The molecule has 0 amide bonds. The van der Waals surface area contributed by atoms with Crippen molar-refractivity contribution in [3.8, 4) is 0 Å². The minimum Gasteiger partial charge on any atom is -0.388 e. The highest BCUT2D eigenvalue weighted by atomic mass is 16.5. The highest BCUT2D eigenvalue weighted by Gasteiger charge is 2.31. The van der Waals surface area contributed by atoms with Crippen molar-refractivity contribution >= 4 is 5.69 Å². The van der Waals surface area contributed by atoms with E-state index in [0.717, 1.165) is 6.54 Å². The molecule has 1 heterocycles. The predicted molar refractivity (Wildman–Crippen MR) is 86.7 cm³/mol. The van der Waals surface area contributed by atoms with Crippen molar-refractivity contribution in [2.75, 3.05) is 31.7 Å². The molecule has 1 fully saturated rings. The lowest BCUT2D eigenvalue weighted by Crippen LogP contribution is -2.46. The van der Waals surface area contributed by atoms with Crippen LogP contribution in [0.15, 0.2) is 24.3 Å². The normalized spacial score (nSPS) is 18.0. The summed E-state index contributed by atoms with van der Waals surface area (Å²) in [5.74, 6) is 0. The molecule has 118 valence electrons. The highest BCUT2D eigenvalue weighted by Crippen LogP contribution is 2.26. The second-order valence-electron chi connectivity index (χ2n) is 6.36. The molecule has 0 aliphatic carbocycles. The second kappa shape index (κ2) is 7.25. The third kappa shape index (κ3) is 4.70. The van der Waals surface area contributed by atoms with Gasteiger partial charge in [-0.1, -0.05) is 32.0 Å². The Morgan fingerprint density at radius 2 is 1.95 bits per heavy atom. The third-order valence-corrected chi connectivity index (χ3v) is 4.06. The maximum Gasteiger partial charge on any atom is 0.0865 e. The van der Waals surface area contributed by atoms with Gasteiger partial charge in [-0.3, -0.25) is 0 Å². The van der Waals surface area contributed by atoms with E-state index in [-0.39, 0.29) is 0 Å². The molecule has 0 atom stereocenters. The molecule has 1 aliphatic rings. The molecule has 1 aliphatic heterocycles. The molecule has 2 N–H and O–H groups in total. The first-order chi connectivity index (χ1) is 10.0. The molecule has 0 radical (unpaired) electrons. The van der Waals surface area contributed by atoms with E-state index in [4.69, 9.17) is 4.74 Å². The Morgan fingerprint density at radius 1 is 1.29 bits per heavy atom. The van der Waals surface area contributed by atoms with Crippen LogP contribution in [-0.4, -0.2) is 43.6 Å². The van der Waals surface area contributed by atoms with E-state index in [9.17, 15) is 5.11 Å². The number of hydrogen-bond donors (Lipinski definition) is 2. The summed E-state index contributed by atoms with van der Waals surface area (Å²) in [6, 6.07) is 8.86. The van der Waals surface area contributed by atoms with E-state index >= 15 is 0 Å². The molecule has 0 saturated carbocycles. The topological polar surface area (TPSA) is 44.7 Å². The molecular formula is C17H28N2O2. The Labute approximate surface area is 128 Å². The minimum absolute atomic E-state index is 0.461. The molecule has 0 unspecified atom stereocenters. The summed E-state index contributed by atoms with van der Waals surface area (Å²) in [5, 5.41) is 14.1. The number of hydrogen-bond acceptors (Lipinski definition) is 4. The van der Waals surface area contributed by atoms with Crippen LogP contribution in [0, 0.1) is 0 Å². The zero-order valence-electron chi connectivity index (χ0n) is 13.4. The van der Waals surface area contributed by atoms with Crippen LogP contribution in [0.1, 0.15) is 32.3 Å². The van der Waals surface area contributed by atoms with Gasteiger partial charge in [-0.15, -0.1) is 0 Å². The summed E-state index contributed by atoms with van der Waals surface area (Å²) >= 11 is 0. The zero-order valence-corrected chi connectivity index (χ0v) is 13.4. The van der Waals surface area contributed by atoms with Crippen LogP contribution in [0.5, 0.6) is 0 Å². The van der Waals surface area contributed by atoms with Gasteiger partial charge in [-0.25, -0.2) is 0 Å². The number of likely N-dealkylation sites (N-methyl/N-ethyl adjacent to an activating group) is 1. The Morgan fingerprint density at radius 3 is 2.62 bits per heavy atom. The molecule has 4 heteroatoms. The highest BCUT2D eigenvalue weighted by molar-refractivity contribution is 5.53. The van der Waals surface area contributed by atoms with E-state index in [1.165, 1.54) is 11.3 Å². The predicted octanol–water partition coefficient (Wildman–Crippen LogP) is 2.16. The molecule has 21 heavy (non-hydrogen) atoms. The summed E-state index contributed by atoms with van der Waals surface area (Å²) in [6.07, 6.45) is 1.42. The number of anilines is 1. The van der Waals surface area contributed by atoms with E-state index in [1.807, 2.05) is 0 Å². The number of nitrogens with one attached hydrogen (secondary N) is 1. The minimum atomic E-state index is -0.633. The van der Waals surface area contributed by atoms with Crippen LogP contribution < -0.4 is 10.2 Å². The van der Waals surface area contributed by atoms with Crippen molar-refractivity contribution in [3.05, 3.63) is 29.8 Å². The van der Waals surface area contributed by atoms with E-state index < -0.39 is 5.60 Å². The van der Waals surface area contributed by atoms with Crippen molar-refractivity contribution in [1.29, 1.82) is 0 Å². The van der Waals surface area contributed by atoms with Gasteiger partial charge in [0, 0.05) is 57.9 Å². The lowest BCUT2D eigenvalue weighted by Gasteiger charge is -2.36. The van der Waals surface area contributed by atoms with Gasteiger partial charge in [0.05, 0.1) is 5.60 Å². The van der Waals surface area contributed by atoms with E-state index in [2.05, 4.69) is 55.4 Å². The standard InChI is InChI=1S/C17H28N2O2/c1-14(2)18-12-15-6-4-5-7-16(15)19(3)13-17(20)8-10-21-11-9-17/h4-7,14,18,20H,8-13H2,1-3H3. The monoisotopic (exact) mass is 292 g/mol. The maximum absolute atomic E-state index is 10.7. The van der Waals surface area contributed by atoms with Crippen LogP contribution in [0.25, 0.3) is 0 Å². The molecule has 1 saturated heterocycles. The van der Waals surface area contributed by atoms with Gasteiger partial charge in [-0.2, -0.15) is 0 Å². The average molecular weight is 292 g/mol. The van der Waals surface area contributed by atoms with Gasteiger partial charge in [0.25, 0.3) is 0 Å². The summed E-state index contributed by atoms with van der Waals surface area (Å²) < 4.78 is 5.35. The number of nitrogens with zero attached hydrogens (tertiary/aromatic N) is 1. The Hall–Kier alpha value is -1.10. The Bertz CT molecular complexity index is 442.